The van der Waals surface area contributed by atoms with Gasteiger partial charge in [0.05, 0.1) is 14.2 Å². The van der Waals surface area contributed by atoms with Gasteiger partial charge in [0.1, 0.15) is 0 Å². The highest BCUT2D eigenvalue weighted by atomic mass is 35.5. The van der Waals surface area contributed by atoms with E-state index in [4.69, 9.17) is 9.47 Å². The lowest BCUT2D eigenvalue weighted by Crippen LogP contribution is -2.42. The van der Waals surface area contributed by atoms with Crippen LogP contribution < -0.4 is 20.1 Å². The number of rotatable bonds is 6. The van der Waals surface area contributed by atoms with Crippen molar-refractivity contribution in [2.45, 2.75) is 31.7 Å². The number of nitrogens with one attached hydrogen (secondary N) is 2. The molecule has 5 nitrogen and oxygen atoms in total. The second-order valence-corrected chi connectivity index (χ2v) is 5.28. The number of aryl methyl sites for hydroxylation is 1. The van der Waals surface area contributed by atoms with E-state index < -0.39 is 0 Å². The Bertz CT molecular complexity index is 476. The number of halogens is 1. The van der Waals surface area contributed by atoms with Gasteiger partial charge in [0.15, 0.2) is 11.5 Å². The molecular formula is C16H25ClN2O3. The zero-order valence-corrected chi connectivity index (χ0v) is 14.0. The third-order valence-corrected chi connectivity index (χ3v) is 3.79. The SMILES string of the molecule is COc1ccc(CCC(=O)NC2CCNCC2)cc1OC.Cl. The monoisotopic (exact) mass is 328 g/mol. The smallest absolute Gasteiger partial charge is 0.220 e. The third-order valence-electron chi connectivity index (χ3n) is 3.79. The molecular weight excluding hydrogens is 304 g/mol. The van der Waals surface area contributed by atoms with Crippen LogP contribution in [0.3, 0.4) is 0 Å². The van der Waals surface area contributed by atoms with Crippen LogP contribution in [0.1, 0.15) is 24.8 Å². The molecule has 1 aliphatic rings. The van der Waals surface area contributed by atoms with Crippen LogP contribution in [0.25, 0.3) is 0 Å². The van der Waals surface area contributed by atoms with E-state index >= 15 is 0 Å². The normalized spacial score (nSPS) is 14.8. The zero-order valence-electron chi connectivity index (χ0n) is 13.2. The summed E-state index contributed by atoms with van der Waals surface area (Å²) in [7, 11) is 3.23. The lowest BCUT2D eigenvalue weighted by Gasteiger charge is -2.23. The average Bonchev–Trinajstić information content (AvgIpc) is 2.53. The van der Waals surface area contributed by atoms with Crippen molar-refractivity contribution in [3.63, 3.8) is 0 Å². The van der Waals surface area contributed by atoms with Gasteiger partial charge in [0.2, 0.25) is 5.91 Å². The molecule has 0 spiro atoms. The summed E-state index contributed by atoms with van der Waals surface area (Å²) in [4.78, 5) is 12.0. The van der Waals surface area contributed by atoms with Crippen LogP contribution in [-0.4, -0.2) is 39.3 Å². The van der Waals surface area contributed by atoms with E-state index in [1.165, 1.54) is 0 Å². The Kier molecular flexibility index (Phi) is 8.06. The van der Waals surface area contributed by atoms with Gasteiger partial charge in [-0.1, -0.05) is 6.07 Å². The molecule has 2 N–H and O–H groups in total. The number of methoxy groups -OCH3 is 2. The highest BCUT2D eigenvalue weighted by Gasteiger charge is 2.15. The standard InChI is InChI=1S/C16H24N2O3.ClH/c1-20-14-5-3-12(11-15(14)21-2)4-6-16(19)18-13-7-9-17-10-8-13;/h3,5,11,13,17H,4,6-10H2,1-2H3,(H,18,19);1H. The Morgan fingerprint density at radius 3 is 2.55 bits per heavy atom. The second kappa shape index (κ2) is 9.54. The summed E-state index contributed by atoms with van der Waals surface area (Å²) in [6.45, 7) is 1.97. The molecule has 6 heteroatoms. The number of amides is 1. The molecule has 0 aliphatic carbocycles. The minimum Gasteiger partial charge on any atom is -0.493 e. The number of ether oxygens (including phenoxy) is 2. The van der Waals surface area contributed by atoms with Gasteiger partial charge in [-0.15, -0.1) is 12.4 Å². The second-order valence-electron chi connectivity index (χ2n) is 5.28. The first-order valence-corrected chi connectivity index (χ1v) is 7.44. The lowest BCUT2D eigenvalue weighted by atomic mass is 10.1. The molecule has 0 bridgehead atoms. The highest BCUT2D eigenvalue weighted by molar-refractivity contribution is 5.85. The Hall–Kier alpha value is -1.46. The van der Waals surface area contributed by atoms with Crippen LogP contribution in [0.5, 0.6) is 11.5 Å². The molecule has 0 aromatic heterocycles. The van der Waals surface area contributed by atoms with E-state index in [9.17, 15) is 4.79 Å². The number of carbonyl (C=O) groups excluding carboxylic acids is 1. The molecule has 0 radical (unpaired) electrons. The van der Waals surface area contributed by atoms with Crippen LogP contribution in [-0.2, 0) is 11.2 Å². The summed E-state index contributed by atoms with van der Waals surface area (Å²) in [5.74, 6) is 1.53. The van der Waals surface area contributed by atoms with Gasteiger partial charge in [-0.2, -0.15) is 0 Å². The molecule has 22 heavy (non-hydrogen) atoms. The molecule has 0 saturated carbocycles. The lowest BCUT2D eigenvalue weighted by molar-refractivity contribution is -0.121. The summed E-state index contributed by atoms with van der Waals surface area (Å²) in [6, 6.07) is 6.10. The maximum Gasteiger partial charge on any atom is 0.220 e. The molecule has 1 heterocycles. The van der Waals surface area contributed by atoms with E-state index in [2.05, 4.69) is 10.6 Å². The largest absolute Gasteiger partial charge is 0.493 e. The fraction of sp³-hybridized carbons (Fsp3) is 0.562. The Labute approximate surface area is 138 Å². The number of hydrogen-bond acceptors (Lipinski definition) is 4. The van der Waals surface area contributed by atoms with Crippen molar-refractivity contribution in [2.75, 3.05) is 27.3 Å². The Morgan fingerprint density at radius 1 is 1.23 bits per heavy atom. The van der Waals surface area contributed by atoms with Crippen molar-refractivity contribution < 1.29 is 14.3 Å². The Morgan fingerprint density at radius 2 is 1.91 bits per heavy atom. The van der Waals surface area contributed by atoms with Crippen LogP contribution in [0.4, 0.5) is 0 Å². The number of carbonyl (C=O) groups is 1. The molecule has 124 valence electrons. The molecule has 1 aromatic carbocycles. The molecule has 1 saturated heterocycles. The summed E-state index contributed by atoms with van der Waals surface area (Å²) >= 11 is 0. The average molecular weight is 329 g/mol. The van der Waals surface area contributed by atoms with Gasteiger partial charge in [-0.05, 0) is 50.0 Å². The molecule has 0 atom stereocenters. The van der Waals surface area contributed by atoms with E-state index in [0.717, 1.165) is 31.5 Å². The van der Waals surface area contributed by atoms with Crippen molar-refractivity contribution >= 4 is 18.3 Å². The van der Waals surface area contributed by atoms with Crippen molar-refractivity contribution in [1.29, 1.82) is 0 Å². The number of piperidine rings is 1. The van der Waals surface area contributed by atoms with Crippen molar-refractivity contribution in [2.24, 2.45) is 0 Å². The predicted molar refractivity (Wildman–Crippen MR) is 89.1 cm³/mol. The highest BCUT2D eigenvalue weighted by Crippen LogP contribution is 2.27. The first kappa shape index (κ1) is 18.6. The first-order chi connectivity index (χ1) is 10.2. The van der Waals surface area contributed by atoms with Crippen LogP contribution in [0, 0.1) is 0 Å². The molecule has 1 aliphatic heterocycles. The van der Waals surface area contributed by atoms with Gasteiger partial charge >= 0.3 is 0 Å². The summed E-state index contributed by atoms with van der Waals surface area (Å²) in [6.07, 6.45) is 3.24. The van der Waals surface area contributed by atoms with E-state index in [-0.39, 0.29) is 18.3 Å². The van der Waals surface area contributed by atoms with Gasteiger partial charge < -0.3 is 20.1 Å². The van der Waals surface area contributed by atoms with E-state index in [0.29, 0.717) is 30.4 Å². The van der Waals surface area contributed by atoms with Crippen LogP contribution in [0.15, 0.2) is 18.2 Å². The fourth-order valence-corrected chi connectivity index (χ4v) is 2.56. The molecule has 2 rings (SSSR count). The van der Waals surface area contributed by atoms with Crippen molar-refractivity contribution in [3.05, 3.63) is 23.8 Å². The summed E-state index contributed by atoms with van der Waals surface area (Å²) in [5, 5.41) is 6.40. The van der Waals surface area contributed by atoms with Gasteiger partial charge in [0, 0.05) is 12.5 Å². The maximum absolute atomic E-state index is 12.0. The maximum atomic E-state index is 12.0. The molecule has 1 fully saturated rings. The third kappa shape index (κ3) is 5.39. The summed E-state index contributed by atoms with van der Waals surface area (Å²) in [5.41, 5.74) is 1.08. The van der Waals surface area contributed by atoms with Crippen LogP contribution >= 0.6 is 12.4 Å². The van der Waals surface area contributed by atoms with Gasteiger partial charge in [-0.3, -0.25) is 4.79 Å². The number of benzene rings is 1. The van der Waals surface area contributed by atoms with Crippen LogP contribution in [0.2, 0.25) is 0 Å². The topological polar surface area (TPSA) is 59.6 Å². The fourth-order valence-electron chi connectivity index (χ4n) is 2.56. The molecule has 1 amide bonds. The Balaban J connectivity index is 0.00000242. The van der Waals surface area contributed by atoms with E-state index in [1.807, 2.05) is 18.2 Å². The minimum absolute atomic E-state index is 0. The molecule has 0 unspecified atom stereocenters. The first-order valence-electron chi connectivity index (χ1n) is 7.44. The molecule has 1 aromatic rings. The van der Waals surface area contributed by atoms with Gasteiger partial charge in [0.25, 0.3) is 0 Å². The number of hydrogen-bond donors (Lipinski definition) is 2. The van der Waals surface area contributed by atoms with E-state index in [1.54, 1.807) is 14.2 Å². The minimum atomic E-state index is 0. The predicted octanol–water partition coefficient (Wildman–Crippen LogP) is 1.93. The van der Waals surface area contributed by atoms with Crippen molar-refractivity contribution in [3.8, 4) is 11.5 Å². The summed E-state index contributed by atoms with van der Waals surface area (Å²) < 4.78 is 10.5. The quantitative estimate of drug-likeness (QED) is 0.837. The zero-order chi connectivity index (χ0) is 15.1. The van der Waals surface area contributed by atoms with Gasteiger partial charge in [-0.25, -0.2) is 0 Å². The van der Waals surface area contributed by atoms with Crippen molar-refractivity contribution in [1.82, 2.24) is 10.6 Å².